The Morgan fingerprint density at radius 3 is 2.31 bits per heavy atom. The molecule has 8 heteroatoms. The highest BCUT2D eigenvalue weighted by molar-refractivity contribution is 6.02. The standard InChI is InChI=1S/C34H34FN3O4/c1-34(2,3)33(41)38-29-19-28-27(13-6-21-4-7-23(8-5-21)32(39)40)31(22-14-16-42-17-15-22)37(26-11-9-25(35)10-12-26)30(28)18-24(29)20-36-38/h4-5,7-12,18-20,22H,6,13-17H2,1-3H3,(H,39,40). The Balaban J connectivity index is 1.58. The Morgan fingerprint density at radius 2 is 1.67 bits per heavy atom. The molecular weight excluding hydrogens is 533 g/mol. The number of hydrogen-bond donors (Lipinski definition) is 1. The maximum absolute atomic E-state index is 14.0. The minimum Gasteiger partial charge on any atom is -0.478 e. The molecule has 0 aliphatic carbocycles. The number of fused-ring (bicyclic) bond motifs is 2. The number of carboxylic acid groups (broad SMARTS) is 1. The number of halogens is 1. The highest BCUT2D eigenvalue weighted by Gasteiger charge is 2.29. The number of aromatic carboxylic acids is 1. The summed E-state index contributed by atoms with van der Waals surface area (Å²) < 4.78 is 23.5. The summed E-state index contributed by atoms with van der Waals surface area (Å²) in [5, 5.41) is 15.7. The van der Waals surface area contributed by atoms with Crippen molar-refractivity contribution in [2.45, 2.75) is 52.4 Å². The second-order valence-electron chi connectivity index (χ2n) is 12.1. The van der Waals surface area contributed by atoms with Gasteiger partial charge in [-0.3, -0.25) is 4.79 Å². The van der Waals surface area contributed by atoms with E-state index in [1.807, 2.05) is 45.0 Å². The first-order valence-corrected chi connectivity index (χ1v) is 14.4. The Hall–Kier alpha value is -4.30. The van der Waals surface area contributed by atoms with Crippen LogP contribution < -0.4 is 0 Å². The lowest BCUT2D eigenvalue weighted by Crippen LogP contribution is -2.27. The number of benzene rings is 3. The lowest BCUT2D eigenvalue weighted by Gasteiger charge is -2.26. The van der Waals surface area contributed by atoms with E-state index in [1.54, 1.807) is 18.3 Å². The summed E-state index contributed by atoms with van der Waals surface area (Å²) in [7, 11) is 0. The van der Waals surface area contributed by atoms with Gasteiger partial charge < -0.3 is 14.4 Å². The summed E-state index contributed by atoms with van der Waals surface area (Å²) in [6.45, 7) is 7.00. The zero-order valence-corrected chi connectivity index (χ0v) is 24.1. The van der Waals surface area contributed by atoms with E-state index < -0.39 is 11.4 Å². The molecule has 7 nitrogen and oxygen atoms in total. The third-order valence-electron chi connectivity index (χ3n) is 8.19. The Kier molecular flexibility index (Phi) is 7.19. The molecule has 0 radical (unpaired) electrons. The lowest BCUT2D eigenvalue weighted by molar-refractivity contribution is 0.0695. The van der Waals surface area contributed by atoms with Gasteiger partial charge in [0, 0.05) is 46.7 Å². The molecule has 1 aliphatic heterocycles. The number of rotatable bonds is 6. The molecule has 1 saturated heterocycles. The van der Waals surface area contributed by atoms with Crippen molar-refractivity contribution in [3.63, 3.8) is 0 Å². The molecule has 1 aliphatic rings. The van der Waals surface area contributed by atoms with Crippen LogP contribution in [0.1, 0.15) is 71.5 Å². The Labute approximate surface area is 243 Å². The summed E-state index contributed by atoms with van der Waals surface area (Å²) in [5.74, 6) is -1.09. The quantitative estimate of drug-likeness (QED) is 0.235. The average molecular weight is 568 g/mol. The number of aryl methyl sites for hydroxylation is 2. The molecule has 1 fully saturated rings. The molecular formula is C34H34FN3O4. The number of carboxylic acids is 1. The monoisotopic (exact) mass is 567 g/mol. The molecule has 2 aromatic heterocycles. The second kappa shape index (κ2) is 10.8. The van der Waals surface area contributed by atoms with E-state index in [-0.39, 0.29) is 23.2 Å². The van der Waals surface area contributed by atoms with Crippen molar-refractivity contribution in [1.29, 1.82) is 0 Å². The van der Waals surface area contributed by atoms with Crippen molar-refractivity contribution in [2.75, 3.05) is 13.2 Å². The first-order valence-electron chi connectivity index (χ1n) is 14.4. The summed E-state index contributed by atoms with van der Waals surface area (Å²) >= 11 is 0. The van der Waals surface area contributed by atoms with Crippen molar-refractivity contribution in [1.82, 2.24) is 14.3 Å². The third-order valence-corrected chi connectivity index (χ3v) is 8.19. The molecule has 216 valence electrons. The van der Waals surface area contributed by atoms with Crippen LogP contribution in [0.4, 0.5) is 4.39 Å². The minimum atomic E-state index is -0.948. The second-order valence-corrected chi connectivity index (χ2v) is 12.1. The highest BCUT2D eigenvalue weighted by atomic mass is 19.1. The van der Waals surface area contributed by atoms with Crippen molar-refractivity contribution >= 4 is 33.7 Å². The molecule has 5 aromatic rings. The van der Waals surface area contributed by atoms with Crippen LogP contribution in [0.25, 0.3) is 27.5 Å². The van der Waals surface area contributed by atoms with Gasteiger partial charge in [0.05, 0.1) is 22.8 Å². The van der Waals surface area contributed by atoms with Crippen LogP contribution in [0.3, 0.4) is 0 Å². The van der Waals surface area contributed by atoms with Gasteiger partial charge in [-0.25, -0.2) is 9.18 Å². The lowest BCUT2D eigenvalue weighted by atomic mass is 9.90. The molecule has 1 N–H and O–H groups in total. The molecule has 0 bridgehead atoms. The molecule has 0 amide bonds. The van der Waals surface area contributed by atoms with Crippen LogP contribution in [0.5, 0.6) is 0 Å². The largest absolute Gasteiger partial charge is 0.478 e. The maximum Gasteiger partial charge on any atom is 0.335 e. The van der Waals surface area contributed by atoms with Crippen LogP contribution in [-0.4, -0.2) is 44.5 Å². The molecule has 0 unspecified atom stereocenters. The zero-order chi connectivity index (χ0) is 29.6. The van der Waals surface area contributed by atoms with Crippen molar-refractivity contribution in [3.8, 4) is 5.69 Å². The third kappa shape index (κ3) is 5.11. The highest BCUT2D eigenvalue weighted by Crippen LogP contribution is 2.40. The zero-order valence-electron chi connectivity index (χ0n) is 24.1. The number of carbonyl (C=O) groups excluding carboxylic acids is 1. The van der Waals surface area contributed by atoms with Crippen LogP contribution in [-0.2, 0) is 17.6 Å². The molecule has 3 aromatic carbocycles. The van der Waals surface area contributed by atoms with E-state index in [0.29, 0.717) is 26.1 Å². The van der Waals surface area contributed by atoms with E-state index in [1.165, 1.54) is 28.1 Å². The first-order chi connectivity index (χ1) is 20.1. The summed E-state index contributed by atoms with van der Waals surface area (Å²) in [5.41, 5.74) is 5.64. The summed E-state index contributed by atoms with van der Waals surface area (Å²) in [4.78, 5) is 24.7. The van der Waals surface area contributed by atoms with Gasteiger partial charge in [0.25, 0.3) is 5.91 Å². The number of hydrogen-bond acceptors (Lipinski definition) is 4. The first kappa shape index (κ1) is 27.8. The molecule has 3 heterocycles. The fourth-order valence-electron chi connectivity index (χ4n) is 5.99. The van der Waals surface area contributed by atoms with Crippen LogP contribution in [0, 0.1) is 11.2 Å². The van der Waals surface area contributed by atoms with Gasteiger partial charge in [-0.2, -0.15) is 9.78 Å². The van der Waals surface area contributed by atoms with Gasteiger partial charge in [0.15, 0.2) is 0 Å². The number of carbonyl (C=O) groups is 2. The molecule has 0 saturated carbocycles. The topological polar surface area (TPSA) is 86.3 Å². The van der Waals surface area contributed by atoms with Gasteiger partial charge in [0.1, 0.15) is 5.82 Å². The van der Waals surface area contributed by atoms with E-state index in [2.05, 4.69) is 21.8 Å². The minimum absolute atomic E-state index is 0.0838. The van der Waals surface area contributed by atoms with E-state index in [4.69, 9.17) is 4.74 Å². The van der Waals surface area contributed by atoms with Crippen molar-refractivity contribution in [2.24, 2.45) is 5.41 Å². The fourth-order valence-corrected chi connectivity index (χ4v) is 5.99. The van der Waals surface area contributed by atoms with Crippen molar-refractivity contribution < 1.29 is 23.8 Å². The van der Waals surface area contributed by atoms with E-state index in [0.717, 1.165) is 45.9 Å². The predicted molar refractivity (Wildman–Crippen MR) is 160 cm³/mol. The molecule has 42 heavy (non-hydrogen) atoms. The molecule has 0 atom stereocenters. The van der Waals surface area contributed by atoms with Crippen LogP contribution >= 0.6 is 0 Å². The van der Waals surface area contributed by atoms with Crippen molar-refractivity contribution in [3.05, 3.63) is 95.1 Å². The SMILES string of the molecule is CC(C)(C)C(=O)n1ncc2cc3c(cc21)c(CCc1ccc(C(=O)O)cc1)c(C1CCOCC1)n3-c1ccc(F)cc1. The van der Waals surface area contributed by atoms with E-state index in [9.17, 15) is 19.1 Å². The molecule has 0 spiro atoms. The van der Waals surface area contributed by atoms with Gasteiger partial charge >= 0.3 is 5.97 Å². The number of ether oxygens (including phenoxy) is 1. The van der Waals surface area contributed by atoms with Gasteiger partial charge in [-0.1, -0.05) is 32.9 Å². The normalized spacial score (nSPS) is 14.6. The van der Waals surface area contributed by atoms with Gasteiger partial charge in [0.2, 0.25) is 0 Å². The average Bonchev–Trinajstić information content (AvgIpc) is 3.53. The summed E-state index contributed by atoms with van der Waals surface area (Å²) in [6, 6.07) is 17.8. The van der Waals surface area contributed by atoms with Crippen LogP contribution in [0.2, 0.25) is 0 Å². The predicted octanol–water partition coefficient (Wildman–Crippen LogP) is 7.18. The van der Waals surface area contributed by atoms with Gasteiger partial charge in [-0.05, 0) is 85.3 Å². The van der Waals surface area contributed by atoms with Crippen LogP contribution in [0.15, 0.2) is 66.9 Å². The van der Waals surface area contributed by atoms with Gasteiger partial charge in [-0.15, -0.1) is 0 Å². The Morgan fingerprint density at radius 1 is 0.976 bits per heavy atom. The smallest absolute Gasteiger partial charge is 0.335 e. The Bertz CT molecular complexity index is 1790. The summed E-state index contributed by atoms with van der Waals surface area (Å²) in [6.07, 6.45) is 4.88. The maximum atomic E-state index is 14.0. The number of aromatic nitrogens is 3. The van der Waals surface area contributed by atoms with E-state index >= 15 is 0 Å². The number of nitrogens with zero attached hydrogens (tertiary/aromatic N) is 3. The molecule has 6 rings (SSSR count). The fraction of sp³-hybridized carbons (Fsp3) is 0.324.